The molecule has 1 N–H and O–H groups in total. The van der Waals surface area contributed by atoms with E-state index in [4.69, 9.17) is 4.74 Å². The largest absolute Gasteiger partial charge is 1.00 e. The molecule has 0 bridgehead atoms. The van der Waals surface area contributed by atoms with E-state index in [0.717, 1.165) is 25.8 Å². The van der Waals surface area contributed by atoms with Crippen LogP contribution in [0.15, 0.2) is 0 Å². The monoisotopic (exact) mass is 309 g/mol. The Morgan fingerprint density at radius 1 is 1.00 bits per heavy atom. The third-order valence-electron chi connectivity index (χ3n) is 4.07. The van der Waals surface area contributed by atoms with E-state index in [1.54, 1.807) is 0 Å². The molecule has 1 amide bonds. The van der Waals surface area contributed by atoms with Crippen LogP contribution < -0.4 is 34.9 Å². The van der Waals surface area contributed by atoms with Crippen LogP contribution in [-0.2, 0) is 4.74 Å². The molecule has 0 radical (unpaired) electrons. The third kappa shape index (κ3) is 13.6. The summed E-state index contributed by atoms with van der Waals surface area (Å²) in [4.78, 5) is 11.7. The summed E-state index contributed by atoms with van der Waals surface area (Å²) in [6.45, 7) is 10.1. The van der Waals surface area contributed by atoms with Gasteiger partial charge < -0.3 is 11.5 Å². The molecule has 122 valence electrons. The Morgan fingerprint density at radius 2 is 1.52 bits per heavy atom. The fraction of sp³-hybridized carbons (Fsp3) is 0.941. The molecule has 0 saturated heterocycles. The zero-order chi connectivity index (χ0) is 15.2. The molecule has 0 heterocycles. The van der Waals surface area contributed by atoms with Gasteiger partial charge in [-0.1, -0.05) is 66.2 Å². The Kier molecular flexibility index (Phi) is 18.6. The number of ether oxygens (including phenoxy) is 1. The fourth-order valence-corrected chi connectivity index (χ4v) is 2.31. The van der Waals surface area contributed by atoms with Crippen molar-refractivity contribution in [2.75, 3.05) is 13.2 Å². The normalized spacial score (nSPS) is 13.1. The van der Waals surface area contributed by atoms with Gasteiger partial charge in [0.2, 0.25) is 0 Å². The van der Waals surface area contributed by atoms with Gasteiger partial charge in [0.1, 0.15) is 0 Å². The molecule has 0 aliphatic heterocycles. The van der Waals surface area contributed by atoms with Crippen LogP contribution in [-0.4, -0.2) is 19.2 Å². The van der Waals surface area contributed by atoms with Gasteiger partial charge in [-0.15, -0.1) is 0 Å². The van der Waals surface area contributed by atoms with E-state index in [9.17, 15) is 4.79 Å². The second-order valence-corrected chi connectivity index (χ2v) is 5.81. The van der Waals surface area contributed by atoms with Crippen molar-refractivity contribution in [1.82, 2.24) is 5.32 Å². The molecule has 0 aliphatic rings. The minimum absolute atomic E-state index is 0. The molecule has 4 heteroatoms. The summed E-state index contributed by atoms with van der Waals surface area (Å²) in [6.07, 6.45) is 9.21. The Bertz CT molecular complexity index is 221. The third-order valence-corrected chi connectivity index (χ3v) is 4.07. The molecule has 3 nitrogen and oxygen atoms in total. The Labute approximate surface area is 155 Å². The molecule has 2 atom stereocenters. The molecule has 0 rings (SSSR count). The van der Waals surface area contributed by atoms with E-state index in [1.807, 2.05) is 0 Å². The number of alkyl carbamates (subject to hydrolysis) is 1. The summed E-state index contributed by atoms with van der Waals surface area (Å²) in [5, 5.41) is 2.92. The van der Waals surface area contributed by atoms with Crippen LogP contribution in [0.1, 0.15) is 80.5 Å². The first-order valence-electron chi connectivity index (χ1n) is 8.58. The molecule has 0 aliphatic carbocycles. The van der Waals surface area contributed by atoms with Crippen LogP contribution in [0.5, 0.6) is 0 Å². The summed E-state index contributed by atoms with van der Waals surface area (Å²) in [5.74, 6) is 1.10. The number of carbonyl (C=O) groups excluding carboxylic acids is 1. The van der Waals surface area contributed by atoms with Gasteiger partial charge in [0, 0.05) is 6.54 Å². The number of hydrogen-bond donors (Lipinski definition) is 1. The summed E-state index contributed by atoms with van der Waals surface area (Å²) < 4.78 is 5.34. The van der Waals surface area contributed by atoms with Gasteiger partial charge >= 0.3 is 35.7 Å². The molecule has 0 aromatic rings. The van der Waals surface area contributed by atoms with Crippen LogP contribution in [0.25, 0.3) is 0 Å². The minimum atomic E-state index is -0.241. The van der Waals surface area contributed by atoms with Gasteiger partial charge in [-0.25, -0.2) is 4.79 Å². The number of amides is 1. The molecular formula is C17H36NNaO2. The summed E-state index contributed by atoms with van der Waals surface area (Å²) >= 11 is 0. The molecule has 0 spiro atoms. The van der Waals surface area contributed by atoms with E-state index in [-0.39, 0.29) is 37.1 Å². The maximum absolute atomic E-state index is 11.7. The van der Waals surface area contributed by atoms with Crippen LogP contribution in [0.3, 0.4) is 0 Å². The maximum Gasteiger partial charge on any atom is 1.00 e. The first-order chi connectivity index (χ1) is 9.67. The standard InChI is InChI=1S/C17H35NO2.Na.H/c1-5-9-11-15(7-3)13-18-17(19)20-14-16(8-4)12-10-6-2;;/h15-16H,5-14H2,1-4H3,(H,18,19);;/q;+1;-1. The molecule has 0 aromatic carbocycles. The van der Waals surface area contributed by atoms with E-state index in [1.165, 1.54) is 32.1 Å². The Hall–Kier alpha value is 0.270. The first kappa shape index (κ1) is 23.5. The predicted octanol–water partition coefficient (Wildman–Crippen LogP) is 2.26. The van der Waals surface area contributed by atoms with Gasteiger partial charge in [0.05, 0.1) is 6.61 Å². The number of unbranched alkanes of at least 4 members (excludes halogenated alkanes) is 2. The number of hydrogen-bond acceptors (Lipinski definition) is 2. The number of nitrogens with one attached hydrogen (secondary N) is 1. The van der Waals surface area contributed by atoms with E-state index >= 15 is 0 Å². The Balaban J connectivity index is -0.00000180. The summed E-state index contributed by atoms with van der Waals surface area (Å²) in [7, 11) is 0. The van der Waals surface area contributed by atoms with Gasteiger partial charge in [0.25, 0.3) is 0 Å². The van der Waals surface area contributed by atoms with Crippen molar-refractivity contribution in [2.24, 2.45) is 11.8 Å². The topological polar surface area (TPSA) is 38.3 Å². The van der Waals surface area contributed by atoms with Crippen molar-refractivity contribution in [3.63, 3.8) is 0 Å². The van der Waals surface area contributed by atoms with Crippen molar-refractivity contribution >= 4 is 6.09 Å². The van der Waals surface area contributed by atoms with Crippen molar-refractivity contribution in [3.8, 4) is 0 Å². The smallest absolute Gasteiger partial charge is 1.00 e. The van der Waals surface area contributed by atoms with Crippen LogP contribution >= 0.6 is 0 Å². The van der Waals surface area contributed by atoms with Crippen molar-refractivity contribution in [3.05, 3.63) is 0 Å². The van der Waals surface area contributed by atoms with Crippen LogP contribution in [0.4, 0.5) is 4.79 Å². The predicted molar refractivity (Wildman–Crippen MR) is 87.1 cm³/mol. The van der Waals surface area contributed by atoms with E-state index < -0.39 is 0 Å². The Morgan fingerprint density at radius 3 is 2.00 bits per heavy atom. The maximum atomic E-state index is 11.7. The zero-order valence-electron chi connectivity index (χ0n) is 16.0. The van der Waals surface area contributed by atoms with Crippen molar-refractivity contribution in [2.45, 2.75) is 79.1 Å². The quantitative estimate of drug-likeness (QED) is 0.562. The summed E-state index contributed by atoms with van der Waals surface area (Å²) in [6, 6.07) is 0. The molecule has 21 heavy (non-hydrogen) atoms. The molecule has 2 unspecified atom stereocenters. The summed E-state index contributed by atoms with van der Waals surface area (Å²) in [5.41, 5.74) is 0. The van der Waals surface area contributed by atoms with Crippen LogP contribution in [0, 0.1) is 11.8 Å². The average molecular weight is 309 g/mol. The zero-order valence-corrected chi connectivity index (χ0v) is 17.0. The number of rotatable bonds is 12. The van der Waals surface area contributed by atoms with E-state index in [0.29, 0.717) is 18.4 Å². The van der Waals surface area contributed by atoms with Crippen LogP contribution in [0.2, 0.25) is 0 Å². The van der Waals surface area contributed by atoms with Crippen molar-refractivity contribution in [1.29, 1.82) is 0 Å². The fourth-order valence-electron chi connectivity index (χ4n) is 2.31. The van der Waals surface area contributed by atoms with Gasteiger partial charge in [-0.3, -0.25) is 0 Å². The minimum Gasteiger partial charge on any atom is -1.00 e. The molecular weight excluding hydrogens is 273 g/mol. The van der Waals surface area contributed by atoms with Gasteiger partial charge in [-0.2, -0.15) is 0 Å². The molecule has 0 saturated carbocycles. The van der Waals surface area contributed by atoms with Crippen molar-refractivity contribution < 1.29 is 40.5 Å². The van der Waals surface area contributed by atoms with Gasteiger partial charge in [-0.05, 0) is 24.7 Å². The second-order valence-electron chi connectivity index (χ2n) is 5.81. The van der Waals surface area contributed by atoms with Gasteiger partial charge in [0.15, 0.2) is 0 Å². The second kappa shape index (κ2) is 16.6. The molecule has 0 aromatic heterocycles. The van der Waals surface area contributed by atoms with E-state index in [2.05, 4.69) is 33.0 Å². The average Bonchev–Trinajstić information content (AvgIpc) is 2.47. The number of carbonyl (C=O) groups is 1. The first-order valence-corrected chi connectivity index (χ1v) is 8.58. The SMILES string of the molecule is CCCCC(CC)CNC(=O)OCC(CC)CCCC.[H-].[Na+]. The molecule has 0 fully saturated rings.